The smallest absolute Gasteiger partial charge is 0.231 e. The van der Waals surface area contributed by atoms with E-state index in [1.807, 2.05) is 6.92 Å². The Labute approximate surface area is 79.8 Å². The van der Waals surface area contributed by atoms with E-state index in [1.54, 1.807) is 33.2 Å². The van der Waals surface area contributed by atoms with Gasteiger partial charge in [0.15, 0.2) is 6.29 Å². The molecule has 0 bridgehead atoms. The van der Waals surface area contributed by atoms with E-state index < -0.39 is 0 Å². The van der Waals surface area contributed by atoms with Gasteiger partial charge in [0.25, 0.3) is 0 Å². The molecule has 0 spiro atoms. The zero-order chi connectivity index (χ0) is 10.9. The number of amides is 1. The van der Waals surface area contributed by atoms with E-state index >= 15 is 0 Å². The van der Waals surface area contributed by atoms with Crippen molar-refractivity contribution in [3.8, 4) is 0 Å². The number of methoxy groups -OCH3 is 2. The van der Waals surface area contributed by atoms with Gasteiger partial charge in [0.05, 0.1) is 6.54 Å². The quantitative estimate of drug-likeness (QED) is 0.619. The molecular weight excluding hydrogens is 172 g/mol. The predicted molar refractivity (Wildman–Crippen MR) is 51.2 cm³/mol. The molecule has 0 aliphatic carbocycles. The van der Waals surface area contributed by atoms with Crippen LogP contribution < -0.4 is 5.73 Å². The van der Waals surface area contributed by atoms with E-state index in [4.69, 9.17) is 5.73 Å². The van der Waals surface area contributed by atoms with Crippen LogP contribution in [0.2, 0.25) is 0 Å². The third-order valence-electron chi connectivity index (χ3n) is 1.14. The summed E-state index contributed by atoms with van der Waals surface area (Å²) >= 11 is 0. The molecule has 0 saturated heterocycles. The number of nitrogens with zero attached hydrogens (tertiary/aromatic N) is 1. The van der Waals surface area contributed by atoms with Crippen LogP contribution in [0, 0.1) is 0 Å². The minimum Gasteiger partial charge on any atom is -0.369 e. The molecule has 0 unspecified atom stereocenters. The number of rotatable bonds is 4. The lowest BCUT2D eigenvalue weighted by atomic mass is 10.6. The Morgan fingerprint density at radius 2 is 1.77 bits per heavy atom. The second kappa shape index (κ2) is 9.44. The second-order valence-electron chi connectivity index (χ2n) is 2.74. The maximum absolute atomic E-state index is 9.99. The molecule has 0 aromatic heterocycles. The zero-order valence-corrected chi connectivity index (χ0v) is 9.03. The Morgan fingerprint density at radius 3 is 1.77 bits per heavy atom. The molecule has 0 atom stereocenters. The summed E-state index contributed by atoms with van der Waals surface area (Å²) in [6, 6.07) is 0. The van der Waals surface area contributed by atoms with Gasteiger partial charge in [0.2, 0.25) is 5.91 Å². The van der Waals surface area contributed by atoms with Gasteiger partial charge >= 0.3 is 0 Å². The molecule has 0 heterocycles. The van der Waals surface area contributed by atoms with Crippen LogP contribution in [0.1, 0.15) is 6.92 Å². The third-order valence-corrected chi connectivity index (χ3v) is 1.14. The first-order valence-corrected chi connectivity index (χ1v) is 3.92. The van der Waals surface area contributed by atoms with E-state index in [9.17, 15) is 4.79 Å². The second-order valence-corrected chi connectivity index (χ2v) is 2.74. The molecule has 5 nitrogen and oxygen atoms in total. The number of carbonyl (C=O) groups excluding carboxylic acids is 1. The first-order chi connectivity index (χ1) is 5.93. The Kier molecular flexibility index (Phi) is 10.8. The highest BCUT2D eigenvalue weighted by Crippen LogP contribution is 1.82. The highest BCUT2D eigenvalue weighted by Gasteiger charge is 1.92. The summed E-state index contributed by atoms with van der Waals surface area (Å²) in [7, 11) is 6.80. The van der Waals surface area contributed by atoms with Crippen LogP contribution in [0.4, 0.5) is 0 Å². The van der Waals surface area contributed by atoms with Crippen molar-refractivity contribution in [1.29, 1.82) is 0 Å². The number of hydrogen-bond donors (Lipinski definition) is 1. The van der Waals surface area contributed by atoms with Crippen molar-refractivity contribution in [2.45, 2.75) is 13.2 Å². The summed E-state index contributed by atoms with van der Waals surface area (Å²) in [4.78, 5) is 11.7. The van der Waals surface area contributed by atoms with Gasteiger partial charge < -0.3 is 20.1 Å². The molecule has 0 aliphatic rings. The van der Waals surface area contributed by atoms with Gasteiger partial charge in [-0.2, -0.15) is 0 Å². The third kappa shape index (κ3) is 18.4. The van der Waals surface area contributed by atoms with Crippen molar-refractivity contribution in [2.75, 3.05) is 34.9 Å². The summed E-state index contributed by atoms with van der Waals surface area (Å²) < 4.78 is 9.35. The highest BCUT2D eigenvalue weighted by atomic mass is 16.7. The van der Waals surface area contributed by atoms with Gasteiger partial charge in [0.1, 0.15) is 0 Å². The topological polar surface area (TPSA) is 64.8 Å². The lowest BCUT2D eigenvalue weighted by Gasteiger charge is -2.03. The minimum absolute atomic E-state index is 0.0648. The molecule has 0 aromatic rings. The van der Waals surface area contributed by atoms with Gasteiger partial charge in [-0.1, -0.05) is 0 Å². The minimum atomic E-state index is -0.287. The monoisotopic (exact) mass is 192 g/mol. The first kappa shape index (κ1) is 14.9. The number of hydrogen-bond acceptors (Lipinski definition) is 4. The zero-order valence-electron chi connectivity index (χ0n) is 9.03. The number of primary amides is 1. The number of ether oxygens (including phenoxy) is 2. The molecular formula is C8H20N2O3. The SMILES string of the molecule is CN(C)CC(N)=O.COC(C)OC. The van der Waals surface area contributed by atoms with Gasteiger partial charge in [-0.15, -0.1) is 0 Å². The predicted octanol–water partition coefficient (Wildman–Crippen LogP) is -0.341. The normalized spacial score (nSPS) is 9.77. The van der Waals surface area contributed by atoms with Crippen molar-refractivity contribution < 1.29 is 14.3 Å². The molecule has 0 fully saturated rings. The van der Waals surface area contributed by atoms with Gasteiger partial charge in [-0.3, -0.25) is 4.79 Å². The lowest BCUT2D eigenvalue weighted by molar-refractivity contribution is -0.118. The average Bonchev–Trinajstić information content (AvgIpc) is 2.01. The Hall–Kier alpha value is -0.650. The number of carbonyl (C=O) groups is 1. The molecule has 0 saturated carbocycles. The van der Waals surface area contributed by atoms with Crippen LogP contribution in [0.5, 0.6) is 0 Å². The summed E-state index contributed by atoms with van der Waals surface area (Å²) in [5.41, 5.74) is 4.81. The first-order valence-electron chi connectivity index (χ1n) is 3.92. The Morgan fingerprint density at radius 1 is 1.38 bits per heavy atom. The van der Waals surface area contributed by atoms with Crippen molar-refractivity contribution in [1.82, 2.24) is 4.90 Å². The van der Waals surface area contributed by atoms with Crippen LogP contribution in [-0.4, -0.2) is 52.0 Å². The van der Waals surface area contributed by atoms with Crippen molar-refractivity contribution in [2.24, 2.45) is 5.73 Å². The van der Waals surface area contributed by atoms with Crippen LogP contribution >= 0.6 is 0 Å². The van der Waals surface area contributed by atoms with Gasteiger partial charge in [-0.05, 0) is 21.0 Å². The molecule has 0 aliphatic heterocycles. The van der Waals surface area contributed by atoms with Crippen LogP contribution in [0.25, 0.3) is 0 Å². The van der Waals surface area contributed by atoms with Crippen molar-refractivity contribution in [3.05, 3.63) is 0 Å². The van der Waals surface area contributed by atoms with E-state index in [0.717, 1.165) is 0 Å². The Balaban J connectivity index is 0. The molecule has 0 rings (SSSR count). The summed E-state index contributed by atoms with van der Waals surface area (Å²) in [6.07, 6.45) is -0.0648. The number of nitrogens with two attached hydrogens (primary N) is 1. The maximum atomic E-state index is 9.99. The highest BCUT2D eigenvalue weighted by molar-refractivity contribution is 5.75. The molecule has 1 amide bonds. The van der Waals surface area contributed by atoms with Gasteiger partial charge in [0, 0.05) is 14.2 Å². The Bertz CT molecular complexity index is 125. The van der Waals surface area contributed by atoms with Crippen LogP contribution in [0.3, 0.4) is 0 Å². The molecule has 5 heteroatoms. The fourth-order valence-corrected chi connectivity index (χ4v) is 0.408. The van der Waals surface area contributed by atoms with E-state index in [2.05, 4.69) is 9.47 Å². The van der Waals surface area contributed by atoms with Crippen molar-refractivity contribution in [3.63, 3.8) is 0 Å². The molecule has 0 radical (unpaired) electrons. The maximum Gasteiger partial charge on any atom is 0.231 e. The summed E-state index contributed by atoms with van der Waals surface area (Å²) in [5.74, 6) is -0.287. The fraction of sp³-hybridized carbons (Fsp3) is 0.875. The van der Waals surface area contributed by atoms with E-state index in [1.165, 1.54) is 0 Å². The standard InChI is InChI=1S/C4H10N2O.C4H10O2/c1-6(2)3-4(5)7;1-4(5-2)6-3/h3H2,1-2H3,(H2,5,7);4H,1-3H3. The van der Waals surface area contributed by atoms with Gasteiger partial charge in [-0.25, -0.2) is 0 Å². The van der Waals surface area contributed by atoms with Crippen LogP contribution in [-0.2, 0) is 14.3 Å². The van der Waals surface area contributed by atoms with Crippen molar-refractivity contribution >= 4 is 5.91 Å². The van der Waals surface area contributed by atoms with E-state index in [-0.39, 0.29) is 12.2 Å². The molecule has 13 heavy (non-hydrogen) atoms. The fourth-order valence-electron chi connectivity index (χ4n) is 0.408. The summed E-state index contributed by atoms with van der Waals surface area (Å²) in [5, 5.41) is 0. The average molecular weight is 192 g/mol. The largest absolute Gasteiger partial charge is 0.369 e. The lowest BCUT2D eigenvalue weighted by Crippen LogP contribution is -2.27. The van der Waals surface area contributed by atoms with Crippen LogP contribution in [0.15, 0.2) is 0 Å². The summed E-state index contributed by atoms with van der Waals surface area (Å²) in [6.45, 7) is 2.17. The molecule has 80 valence electrons. The molecule has 2 N–H and O–H groups in total. The molecule has 0 aromatic carbocycles. The number of likely N-dealkylation sites (N-methyl/N-ethyl adjacent to an activating group) is 1. The van der Waals surface area contributed by atoms with E-state index in [0.29, 0.717) is 6.54 Å².